The summed E-state index contributed by atoms with van der Waals surface area (Å²) in [6, 6.07) is 1.89. The highest BCUT2D eigenvalue weighted by Gasteiger charge is 2.18. The van der Waals surface area contributed by atoms with E-state index in [1.54, 1.807) is 6.20 Å². The van der Waals surface area contributed by atoms with Gasteiger partial charge in [0.25, 0.3) is 0 Å². The maximum atomic E-state index is 6.22. The summed E-state index contributed by atoms with van der Waals surface area (Å²) in [6.45, 7) is 0.486. The Kier molecular flexibility index (Phi) is 3.89. The molecule has 15 heavy (non-hydrogen) atoms. The number of nitrogens with zero attached hydrogens (tertiary/aromatic N) is 1. The zero-order valence-electron chi connectivity index (χ0n) is 8.58. The molecule has 1 aromatic rings. The van der Waals surface area contributed by atoms with E-state index in [1.807, 2.05) is 17.8 Å². The highest BCUT2D eigenvalue weighted by Crippen LogP contribution is 2.37. The van der Waals surface area contributed by atoms with Gasteiger partial charge in [0.15, 0.2) is 0 Å². The van der Waals surface area contributed by atoms with Gasteiger partial charge in [0.05, 0.1) is 5.02 Å². The third-order valence-corrected chi connectivity index (χ3v) is 4.61. The monoisotopic (exact) mass is 242 g/mol. The van der Waals surface area contributed by atoms with Gasteiger partial charge < -0.3 is 5.73 Å². The molecule has 2 rings (SSSR count). The lowest BCUT2D eigenvalue weighted by Gasteiger charge is -2.10. The van der Waals surface area contributed by atoms with Crippen LogP contribution in [0.3, 0.4) is 0 Å². The van der Waals surface area contributed by atoms with Crippen LogP contribution in [0.5, 0.6) is 0 Å². The molecule has 0 spiro atoms. The third-order valence-electron chi connectivity index (χ3n) is 2.74. The van der Waals surface area contributed by atoms with E-state index in [4.69, 9.17) is 17.3 Å². The van der Waals surface area contributed by atoms with E-state index in [0.717, 1.165) is 15.6 Å². The zero-order valence-corrected chi connectivity index (χ0v) is 10.2. The highest BCUT2D eigenvalue weighted by atomic mass is 35.5. The van der Waals surface area contributed by atoms with Crippen LogP contribution in [0.25, 0.3) is 0 Å². The van der Waals surface area contributed by atoms with E-state index in [-0.39, 0.29) is 0 Å². The van der Waals surface area contributed by atoms with Crippen molar-refractivity contribution in [3.05, 3.63) is 22.8 Å². The largest absolute Gasteiger partial charge is 0.326 e. The first-order valence-corrected chi connectivity index (χ1v) is 6.57. The number of rotatable bonds is 3. The van der Waals surface area contributed by atoms with Crippen molar-refractivity contribution in [1.82, 2.24) is 4.98 Å². The lowest BCUT2D eigenvalue weighted by molar-refractivity contribution is 0.886. The Balaban J connectivity index is 2.13. The maximum absolute atomic E-state index is 6.22. The van der Waals surface area contributed by atoms with E-state index in [1.165, 1.54) is 25.7 Å². The van der Waals surface area contributed by atoms with Crippen molar-refractivity contribution in [2.45, 2.75) is 42.5 Å². The van der Waals surface area contributed by atoms with Crippen LogP contribution >= 0.6 is 23.4 Å². The van der Waals surface area contributed by atoms with Crippen LogP contribution in [-0.4, -0.2) is 10.2 Å². The fourth-order valence-corrected chi connectivity index (χ4v) is 3.43. The van der Waals surface area contributed by atoms with E-state index in [2.05, 4.69) is 4.98 Å². The molecule has 0 unspecified atom stereocenters. The average molecular weight is 243 g/mol. The Labute approximate surface area is 99.6 Å². The third kappa shape index (κ3) is 2.65. The van der Waals surface area contributed by atoms with Crippen molar-refractivity contribution in [3.63, 3.8) is 0 Å². The molecule has 1 fully saturated rings. The number of pyridine rings is 1. The molecule has 0 amide bonds. The number of halogens is 1. The summed E-state index contributed by atoms with van der Waals surface area (Å²) in [5, 5.41) is 2.39. The molecule has 2 N–H and O–H groups in total. The molecule has 0 atom stereocenters. The predicted octanol–water partition coefficient (Wildman–Crippen LogP) is 3.23. The van der Waals surface area contributed by atoms with Gasteiger partial charge in [-0.2, -0.15) is 0 Å². The van der Waals surface area contributed by atoms with Gasteiger partial charge in [0.1, 0.15) is 5.03 Å². The van der Waals surface area contributed by atoms with Crippen LogP contribution in [0.4, 0.5) is 0 Å². The predicted molar refractivity (Wildman–Crippen MR) is 65.3 cm³/mol. The summed E-state index contributed by atoms with van der Waals surface area (Å²) in [5.41, 5.74) is 6.60. The van der Waals surface area contributed by atoms with Crippen LogP contribution in [0.2, 0.25) is 5.02 Å². The van der Waals surface area contributed by atoms with Crippen molar-refractivity contribution in [2.24, 2.45) is 5.73 Å². The second-order valence-corrected chi connectivity index (χ2v) is 5.48. The number of thioether (sulfide) groups is 1. The standard InChI is InChI=1S/C11H15ClN2S/c12-10-8(7-13)5-6-14-11(10)15-9-3-1-2-4-9/h5-6,9H,1-4,7,13H2. The molecule has 1 aliphatic carbocycles. The van der Waals surface area contributed by atoms with Crippen molar-refractivity contribution in [2.75, 3.05) is 0 Å². The normalized spacial score (nSPS) is 17.2. The van der Waals surface area contributed by atoms with Gasteiger partial charge in [-0.25, -0.2) is 4.98 Å². The van der Waals surface area contributed by atoms with Crippen LogP contribution in [0.1, 0.15) is 31.2 Å². The van der Waals surface area contributed by atoms with Gasteiger partial charge in [-0.15, -0.1) is 11.8 Å². The summed E-state index contributed by atoms with van der Waals surface area (Å²) in [5.74, 6) is 0. The molecule has 82 valence electrons. The van der Waals surface area contributed by atoms with Crippen LogP contribution in [-0.2, 0) is 6.54 Å². The number of hydrogen-bond donors (Lipinski definition) is 1. The van der Waals surface area contributed by atoms with Crippen LogP contribution in [0.15, 0.2) is 17.3 Å². The summed E-state index contributed by atoms with van der Waals surface area (Å²) in [6.07, 6.45) is 7.05. The number of aromatic nitrogens is 1. The number of hydrogen-bond acceptors (Lipinski definition) is 3. The molecule has 2 nitrogen and oxygen atoms in total. The Morgan fingerprint density at radius 1 is 1.47 bits per heavy atom. The van der Waals surface area contributed by atoms with E-state index >= 15 is 0 Å². The van der Waals surface area contributed by atoms with E-state index in [0.29, 0.717) is 11.8 Å². The molecular weight excluding hydrogens is 228 g/mol. The van der Waals surface area contributed by atoms with E-state index in [9.17, 15) is 0 Å². The molecule has 1 saturated carbocycles. The fraction of sp³-hybridized carbons (Fsp3) is 0.545. The van der Waals surface area contributed by atoms with Gasteiger partial charge in [-0.05, 0) is 24.5 Å². The van der Waals surface area contributed by atoms with Crippen LogP contribution in [0, 0.1) is 0 Å². The summed E-state index contributed by atoms with van der Waals surface area (Å²) in [7, 11) is 0. The Hall–Kier alpha value is -0.250. The summed E-state index contributed by atoms with van der Waals surface area (Å²) >= 11 is 8.03. The minimum atomic E-state index is 0.486. The molecule has 0 radical (unpaired) electrons. The van der Waals surface area contributed by atoms with Crippen molar-refractivity contribution in [1.29, 1.82) is 0 Å². The van der Waals surface area contributed by atoms with Crippen LogP contribution < -0.4 is 5.73 Å². The van der Waals surface area contributed by atoms with Crippen molar-refractivity contribution in [3.8, 4) is 0 Å². The quantitative estimate of drug-likeness (QED) is 0.885. The SMILES string of the molecule is NCc1ccnc(SC2CCCC2)c1Cl. The fourth-order valence-electron chi connectivity index (χ4n) is 1.87. The Morgan fingerprint density at radius 3 is 2.87 bits per heavy atom. The minimum absolute atomic E-state index is 0.486. The topological polar surface area (TPSA) is 38.9 Å². The summed E-state index contributed by atoms with van der Waals surface area (Å²) in [4.78, 5) is 4.33. The first-order chi connectivity index (χ1) is 7.31. The molecular formula is C11H15ClN2S. The highest BCUT2D eigenvalue weighted by molar-refractivity contribution is 8.00. The van der Waals surface area contributed by atoms with Gasteiger partial charge in [0.2, 0.25) is 0 Å². The lowest BCUT2D eigenvalue weighted by Crippen LogP contribution is -2.01. The van der Waals surface area contributed by atoms with Gasteiger partial charge in [-0.3, -0.25) is 0 Å². The molecule has 0 saturated heterocycles. The molecule has 0 aromatic carbocycles. The molecule has 1 heterocycles. The zero-order chi connectivity index (χ0) is 10.7. The Morgan fingerprint density at radius 2 is 2.20 bits per heavy atom. The maximum Gasteiger partial charge on any atom is 0.115 e. The molecule has 0 aliphatic heterocycles. The van der Waals surface area contributed by atoms with Gasteiger partial charge >= 0.3 is 0 Å². The van der Waals surface area contributed by atoms with Crippen molar-refractivity contribution >= 4 is 23.4 Å². The Bertz CT molecular complexity index is 337. The van der Waals surface area contributed by atoms with E-state index < -0.39 is 0 Å². The minimum Gasteiger partial charge on any atom is -0.326 e. The second-order valence-electron chi connectivity index (χ2n) is 3.82. The molecule has 4 heteroatoms. The molecule has 1 aliphatic rings. The first kappa shape index (κ1) is 11.2. The molecule has 0 bridgehead atoms. The average Bonchev–Trinajstić information content (AvgIpc) is 2.74. The first-order valence-electron chi connectivity index (χ1n) is 5.31. The van der Waals surface area contributed by atoms with Gasteiger partial charge in [-0.1, -0.05) is 24.4 Å². The lowest BCUT2D eigenvalue weighted by atomic mass is 10.3. The van der Waals surface area contributed by atoms with Crippen molar-refractivity contribution < 1.29 is 0 Å². The second kappa shape index (κ2) is 5.19. The molecule has 1 aromatic heterocycles. The van der Waals surface area contributed by atoms with Gasteiger partial charge in [0, 0.05) is 18.0 Å². The summed E-state index contributed by atoms with van der Waals surface area (Å²) < 4.78 is 0. The smallest absolute Gasteiger partial charge is 0.115 e. The number of nitrogens with two attached hydrogens (primary N) is 1.